The van der Waals surface area contributed by atoms with Crippen LogP contribution in [0.5, 0.6) is 0 Å². The topological polar surface area (TPSA) is 88.3 Å². The molecule has 1 aromatic rings. The highest BCUT2D eigenvalue weighted by atomic mass is 32.2. The quantitative estimate of drug-likeness (QED) is 0.867. The van der Waals surface area contributed by atoms with Crippen LogP contribution >= 0.6 is 11.5 Å². The van der Waals surface area contributed by atoms with Gasteiger partial charge in [0.2, 0.25) is 0 Å². The van der Waals surface area contributed by atoms with E-state index in [2.05, 4.69) is 21.6 Å². The van der Waals surface area contributed by atoms with Crippen molar-refractivity contribution in [3.05, 3.63) is 0 Å². The number of nitrogens with one attached hydrogen (secondary N) is 1. The summed E-state index contributed by atoms with van der Waals surface area (Å²) in [4.78, 5) is 2.49. The first-order valence-electron chi connectivity index (χ1n) is 6.92. The molecule has 0 bridgehead atoms. The van der Waals surface area contributed by atoms with Gasteiger partial charge < -0.3 is 16.0 Å². The minimum Gasteiger partial charge on any atom is -0.382 e. The maximum absolute atomic E-state index is 12.4. The standard InChI is InChI=1S/C12H20N4O2S2/c1-16-6-2-3-8(7-16)14-12-10(11(13)15-19-12)20(17,18)9-4-5-9/h8-9,14H,2-7H2,1H3,(H2,13,15). The average Bonchev–Trinajstić information content (AvgIpc) is 3.16. The lowest BCUT2D eigenvalue weighted by Crippen LogP contribution is -2.39. The van der Waals surface area contributed by atoms with Gasteiger partial charge in [-0.3, -0.25) is 0 Å². The Morgan fingerprint density at radius 2 is 2.15 bits per heavy atom. The average molecular weight is 316 g/mol. The number of sulfone groups is 1. The van der Waals surface area contributed by atoms with Crippen LogP contribution in [0.3, 0.4) is 0 Å². The number of nitrogens with two attached hydrogens (primary N) is 1. The molecule has 1 aliphatic carbocycles. The summed E-state index contributed by atoms with van der Waals surface area (Å²) in [7, 11) is -1.22. The van der Waals surface area contributed by atoms with Gasteiger partial charge in [-0.25, -0.2) is 8.42 Å². The molecule has 20 heavy (non-hydrogen) atoms. The summed E-state index contributed by atoms with van der Waals surface area (Å²) in [5.41, 5.74) is 5.80. The molecule has 0 radical (unpaired) electrons. The van der Waals surface area contributed by atoms with Crippen molar-refractivity contribution in [2.24, 2.45) is 0 Å². The van der Waals surface area contributed by atoms with Gasteiger partial charge in [-0.1, -0.05) is 0 Å². The van der Waals surface area contributed by atoms with Crippen LogP contribution in [0.4, 0.5) is 10.8 Å². The molecule has 112 valence electrons. The third-order valence-corrected chi connectivity index (χ3v) is 7.13. The van der Waals surface area contributed by atoms with E-state index >= 15 is 0 Å². The van der Waals surface area contributed by atoms with Crippen LogP contribution in [0.25, 0.3) is 0 Å². The van der Waals surface area contributed by atoms with Gasteiger partial charge in [-0.15, -0.1) is 0 Å². The lowest BCUT2D eigenvalue weighted by molar-refractivity contribution is 0.261. The zero-order chi connectivity index (χ0) is 14.3. The predicted molar refractivity (Wildman–Crippen MR) is 80.9 cm³/mol. The molecule has 2 heterocycles. The third-order valence-electron chi connectivity index (χ3n) is 3.88. The number of likely N-dealkylation sites (tertiary alicyclic amines) is 1. The van der Waals surface area contributed by atoms with E-state index in [1.54, 1.807) is 0 Å². The second-order valence-corrected chi connectivity index (χ2v) is 8.65. The zero-order valence-corrected chi connectivity index (χ0v) is 13.1. The van der Waals surface area contributed by atoms with Gasteiger partial charge in [0.05, 0.1) is 5.25 Å². The molecule has 3 N–H and O–H groups in total. The SMILES string of the molecule is CN1CCCC(Nc2snc(N)c2S(=O)(=O)C2CC2)C1. The molecule has 8 heteroatoms. The van der Waals surface area contributed by atoms with E-state index in [1.807, 2.05) is 0 Å². The minimum absolute atomic E-state index is 0.147. The van der Waals surface area contributed by atoms with E-state index in [-0.39, 0.29) is 22.0 Å². The van der Waals surface area contributed by atoms with Gasteiger partial charge in [-0.2, -0.15) is 4.37 Å². The van der Waals surface area contributed by atoms with Crippen LogP contribution in [0.1, 0.15) is 25.7 Å². The fraction of sp³-hybridized carbons (Fsp3) is 0.750. The number of nitrogens with zero attached hydrogens (tertiary/aromatic N) is 2. The second kappa shape index (κ2) is 5.16. The summed E-state index contributed by atoms with van der Waals surface area (Å²) >= 11 is 1.16. The molecule has 1 saturated carbocycles. The monoisotopic (exact) mass is 316 g/mol. The Morgan fingerprint density at radius 1 is 1.40 bits per heavy atom. The lowest BCUT2D eigenvalue weighted by Gasteiger charge is -2.30. The highest BCUT2D eigenvalue weighted by Crippen LogP contribution is 2.41. The molecule has 2 fully saturated rings. The largest absolute Gasteiger partial charge is 0.382 e. The molecule has 2 aliphatic rings. The summed E-state index contributed by atoms with van der Waals surface area (Å²) in [5.74, 6) is 0.147. The fourth-order valence-corrected chi connectivity index (χ4v) is 5.63. The maximum Gasteiger partial charge on any atom is 0.187 e. The van der Waals surface area contributed by atoms with E-state index in [0.717, 1.165) is 50.3 Å². The van der Waals surface area contributed by atoms with Crippen molar-refractivity contribution in [1.82, 2.24) is 9.27 Å². The van der Waals surface area contributed by atoms with Crippen LogP contribution in [-0.2, 0) is 9.84 Å². The number of piperidine rings is 1. The number of hydrogen-bond acceptors (Lipinski definition) is 7. The number of hydrogen-bond donors (Lipinski definition) is 2. The first kappa shape index (κ1) is 14.1. The molecule has 1 unspecified atom stereocenters. The van der Waals surface area contributed by atoms with Crippen molar-refractivity contribution in [1.29, 1.82) is 0 Å². The lowest BCUT2D eigenvalue weighted by atomic mass is 10.1. The van der Waals surface area contributed by atoms with Gasteiger partial charge in [-0.05, 0) is 50.8 Å². The smallest absolute Gasteiger partial charge is 0.187 e. The molecule has 3 rings (SSSR count). The maximum atomic E-state index is 12.4. The van der Waals surface area contributed by atoms with E-state index in [4.69, 9.17) is 5.73 Å². The first-order chi connectivity index (χ1) is 9.48. The molecule has 6 nitrogen and oxygen atoms in total. The van der Waals surface area contributed by atoms with Gasteiger partial charge in [0.1, 0.15) is 9.90 Å². The van der Waals surface area contributed by atoms with Crippen molar-refractivity contribution in [3.8, 4) is 0 Å². The molecule has 0 aromatic carbocycles. The fourth-order valence-electron chi connectivity index (χ4n) is 2.68. The second-order valence-electron chi connectivity index (χ2n) is 5.72. The molecule has 1 saturated heterocycles. The molecule has 1 aromatic heterocycles. The molecule has 0 spiro atoms. The first-order valence-corrected chi connectivity index (χ1v) is 9.24. The Balaban J connectivity index is 1.83. The van der Waals surface area contributed by atoms with Crippen molar-refractivity contribution in [2.75, 3.05) is 31.2 Å². The van der Waals surface area contributed by atoms with E-state index in [1.165, 1.54) is 0 Å². The highest BCUT2D eigenvalue weighted by Gasteiger charge is 2.41. The zero-order valence-electron chi connectivity index (χ0n) is 11.5. The molecular formula is C12H20N4O2S2. The third kappa shape index (κ3) is 2.64. The number of likely N-dealkylation sites (N-methyl/N-ethyl adjacent to an activating group) is 1. The summed E-state index contributed by atoms with van der Waals surface area (Å²) in [6, 6.07) is 0.266. The molecule has 1 aliphatic heterocycles. The van der Waals surface area contributed by atoms with Crippen molar-refractivity contribution >= 4 is 32.2 Å². The van der Waals surface area contributed by atoms with Crippen molar-refractivity contribution < 1.29 is 8.42 Å². The van der Waals surface area contributed by atoms with Crippen LogP contribution < -0.4 is 11.1 Å². The van der Waals surface area contributed by atoms with E-state index < -0.39 is 9.84 Å². The summed E-state index contributed by atoms with van der Waals surface area (Å²) in [6.07, 6.45) is 3.64. The Kier molecular flexibility index (Phi) is 3.64. The van der Waals surface area contributed by atoms with Gasteiger partial charge in [0.15, 0.2) is 15.7 Å². The van der Waals surface area contributed by atoms with Gasteiger partial charge in [0, 0.05) is 12.6 Å². The van der Waals surface area contributed by atoms with Crippen LogP contribution in [-0.4, -0.2) is 49.1 Å². The predicted octanol–water partition coefficient (Wildman–Crippen LogP) is 1.17. The van der Waals surface area contributed by atoms with Crippen LogP contribution in [0.15, 0.2) is 4.90 Å². The van der Waals surface area contributed by atoms with E-state index in [9.17, 15) is 8.42 Å². The molecule has 1 atom stereocenters. The van der Waals surface area contributed by atoms with Gasteiger partial charge >= 0.3 is 0 Å². The van der Waals surface area contributed by atoms with Crippen molar-refractivity contribution in [2.45, 2.75) is 41.9 Å². The molecule has 0 amide bonds. The minimum atomic E-state index is -3.30. The van der Waals surface area contributed by atoms with Crippen molar-refractivity contribution in [3.63, 3.8) is 0 Å². The number of nitrogen functional groups attached to an aromatic ring is 1. The Hall–Kier alpha value is -0.860. The number of aromatic nitrogens is 1. The van der Waals surface area contributed by atoms with Crippen LogP contribution in [0.2, 0.25) is 0 Å². The normalized spacial score (nSPS) is 24.8. The van der Waals surface area contributed by atoms with Crippen LogP contribution in [0, 0.1) is 0 Å². The number of anilines is 2. The summed E-state index contributed by atoms with van der Waals surface area (Å²) < 4.78 is 28.9. The highest BCUT2D eigenvalue weighted by molar-refractivity contribution is 7.92. The number of rotatable bonds is 4. The molecular weight excluding hydrogens is 296 g/mol. The summed E-state index contributed by atoms with van der Waals surface area (Å²) in [5, 5.41) is 3.71. The Labute approximate surface area is 123 Å². The Morgan fingerprint density at radius 3 is 2.80 bits per heavy atom. The van der Waals surface area contributed by atoms with E-state index in [0.29, 0.717) is 5.00 Å². The summed E-state index contributed by atoms with van der Waals surface area (Å²) in [6.45, 7) is 2.01. The van der Waals surface area contributed by atoms with Gasteiger partial charge in [0.25, 0.3) is 0 Å². The Bertz CT molecular complexity index is 595.